The van der Waals surface area contributed by atoms with E-state index >= 15 is 0 Å². The first-order chi connectivity index (χ1) is 25.6. The summed E-state index contributed by atoms with van der Waals surface area (Å²) in [6.07, 6.45) is -1.15. The third-order valence-corrected chi connectivity index (χ3v) is 11.2. The Hall–Kier alpha value is -4.82. The second kappa shape index (κ2) is 14.5. The molecular formula is C37H37F3N7O5P. The van der Waals surface area contributed by atoms with Gasteiger partial charge in [-0.15, -0.1) is 0 Å². The van der Waals surface area contributed by atoms with Crippen LogP contribution in [0.15, 0.2) is 91.1 Å². The van der Waals surface area contributed by atoms with Crippen LogP contribution in [0.5, 0.6) is 0 Å². The molecule has 1 amide bonds. The molecule has 0 spiro atoms. The van der Waals surface area contributed by atoms with Gasteiger partial charge in [0, 0.05) is 32.1 Å². The van der Waals surface area contributed by atoms with E-state index in [0.717, 1.165) is 36.2 Å². The van der Waals surface area contributed by atoms with Crippen molar-refractivity contribution in [3.63, 3.8) is 0 Å². The van der Waals surface area contributed by atoms with Crippen LogP contribution in [-0.2, 0) is 42.3 Å². The monoisotopic (exact) mass is 747 g/mol. The van der Waals surface area contributed by atoms with Gasteiger partial charge in [-0.05, 0) is 48.6 Å². The molecule has 0 atom stereocenters. The van der Waals surface area contributed by atoms with E-state index in [0.29, 0.717) is 49.2 Å². The fraction of sp³-hybridized carbons (Fsp3) is 0.351. The predicted molar refractivity (Wildman–Crippen MR) is 190 cm³/mol. The number of likely N-dealkylation sites (tertiary alicyclic amines) is 1. The second-order valence-electron chi connectivity index (χ2n) is 13.5. The number of phosphoric ester groups is 1. The van der Waals surface area contributed by atoms with E-state index in [9.17, 15) is 22.5 Å². The average Bonchev–Trinajstić information content (AvgIpc) is 3.75. The summed E-state index contributed by atoms with van der Waals surface area (Å²) in [5.41, 5.74) is 1.37. The Morgan fingerprint density at radius 3 is 2.19 bits per heavy atom. The molecule has 1 aliphatic carbocycles. The summed E-state index contributed by atoms with van der Waals surface area (Å²) in [7, 11) is -3.98. The number of amides is 1. The highest BCUT2D eigenvalue weighted by Crippen LogP contribution is 2.54. The van der Waals surface area contributed by atoms with E-state index in [2.05, 4.69) is 10.4 Å². The van der Waals surface area contributed by atoms with Crippen LogP contribution in [0.1, 0.15) is 42.4 Å². The summed E-state index contributed by atoms with van der Waals surface area (Å²) < 4.78 is 73.7. The molecule has 2 saturated heterocycles. The molecule has 3 aliphatic rings. The molecule has 16 heteroatoms. The van der Waals surface area contributed by atoms with Gasteiger partial charge >= 0.3 is 14.0 Å². The van der Waals surface area contributed by atoms with Gasteiger partial charge in [0.15, 0.2) is 5.65 Å². The number of phosphoric acid groups is 1. The van der Waals surface area contributed by atoms with Crippen molar-refractivity contribution in [2.24, 2.45) is 0 Å². The van der Waals surface area contributed by atoms with Gasteiger partial charge in [0.2, 0.25) is 11.9 Å². The maximum Gasteiger partial charge on any atom is 0.475 e. The predicted octanol–water partition coefficient (Wildman–Crippen LogP) is 7.15. The molecule has 2 aromatic heterocycles. The number of fused-ring (bicyclic) bond motifs is 1. The molecule has 8 rings (SSSR count). The molecule has 1 N–H and O–H groups in total. The fourth-order valence-electron chi connectivity index (χ4n) is 6.77. The van der Waals surface area contributed by atoms with Gasteiger partial charge in [-0.25, -0.2) is 9.25 Å². The van der Waals surface area contributed by atoms with E-state index in [-0.39, 0.29) is 42.8 Å². The van der Waals surface area contributed by atoms with Gasteiger partial charge in [-0.3, -0.25) is 18.4 Å². The number of nitrogens with zero attached hydrogens (tertiary/aromatic N) is 6. The Bertz CT molecular complexity index is 2080. The zero-order chi connectivity index (χ0) is 36.6. The topological polar surface area (TPSA) is 124 Å². The number of alkyl halides is 3. The maximum atomic E-state index is 13.9. The third kappa shape index (κ3) is 7.79. The van der Waals surface area contributed by atoms with Gasteiger partial charge in [0.05, 0.1) is 48.2 Å². The van der Waals surface area contributed by atoms with Crippen LogP contribution in [0.2, 0.25) is 0 Å². The first-order valence-electron chi connectivity index (χ1n) is 17.5. The Kier molecular flexibility index (Phi) is 9.66. The number of rotatable bonds is 13. The summed E-state index contributed by atoms with van der Waals surface area (Å²) in [5.74, 6) is 0.970. The van der Waals surface area contributed by atoms with E-state index in [1.165, 1.54) is 10.7 Å². The van der Waals surface area contributed by atoms with Crippen molar-refractivity contribution < 1.29 is 36.1 Å². The molecule has 3 fully saturated rings. The molecule has 0 bridgehead atoms. The number of carbonyl (C=O) groups is 1. The number of nitrogens with one attached hydrogen (secondary N) is 1. The highest BCUT2D eigenvalue weighted by atomic mass is 31.2. The van der Waals surface area contributed by atoms with Crippen LogP contribution in [-0.4, -0.2) is 68.4 Å². The number of aromatic nitrogens is 4. The van der Waals surface area contributed by atoms with Crippen molar-refractivity contribution in [2.45, 2.75) is 63.3 Å². The van der Waals surface area contributed by atoms with Crippen molar-refractivity contribution in [2.75, 3.05) is 29.9 Å². The van der Waals surface area contributed by atoms with E-state index in [4.69, 9.17) is 23.5 Å². The second-order valence-corrected chi connectivity index (χ2v) is 15.1. The van der Waals surface area contributed by atoms with Gasteiger partial charge in [-0.1, -0.05) is 66.7 Å². The van der Waals surface area contributed by atoms with E-state index in [1.54, 1.807) is 12.3 Å². The van der Waals surface area contributed by atoms with Crippen molar-refractivity contribution in [1.29, 1.82) is 0 Å². The largest absolute Gasteiger partial charge is 0.475 e. The summed E-state index contributed by atoms with van der Waals surface area (Å²) in [4.78, 5) is 25.9. The molecule has 3 aromatic carbocycles. The maximum absolute atomic E-state index is 13.9. The lowest BCUT2D eigenvalue weighted by Gasteiger charge is -2.44. The Morgan fingerprint density at radius 1 is 0.887 bits per heavy atom. The fourth-order valence-corrected chi connectivity index (χ4v) is 8.12. The third-order valence-electron chi connectivity index (χ3n) is 9.71. The number of hydrogen-bond donors (Lipinski definition) is 1. The van der Waals surface area contributed by atoms with Crippen molar-refractivity contribution in [3.05, 3.63) is 108 Å². The quantitative estimate of drug-likeness (QED) is 0.124. The standard InChI is InChI=1S/C37H37F3N7O5P/c38-37(39,40)27-13-7-14-29(17-27)47-35-32(20-41-47)34(45-21-30(22-45)46-16-8-15-33(46)48)43-36(44-35)42-28-18-31(19-28)52-53(49,50-23-25-9-3-1-4-10-25)51-24-26-11-5-2-6-12-26/h1-7,9-14,17,20,28,30-31H,8,15-16,18-19,21-24H2,(H,42,43,44). The minimum absolute atomic E-state index is 0.0424. The summed E-state index contributed by atoms with van der Waals surface area (Å²) in [6, 6.07) is 23.5. The smallest absolute Gasteiger partial charge is 0.352 e. The summed E-state index contributed by atoms with van der Waals surface area (Å²) in [6.45, 7) is 1.93. The minimum atomic E-state index is -4.53. The highest BCUT2D eigenvalue weighted by Gasteiger charge is 2.41. The van der Waals surface area contributed by atoms with Gasteiger partial charge in [0.1, 0.15) is 5.82 Å². The van der Waals surface area contributed by atoms with Crippen molar-refractivity contribution in [1.82, 2.24) is 24.6 Å². The molecule has 0 radical (unpaired) electrons. The van der Waals surface area contributed by atoms with Crippen LogP contribution in [0.4, 0.5) is 24.9 Å². The Labute approximate surface area is 303 Å². The molecule has 12 nitrogen and oxygen atoms in total. The molecule has 4 heterocycles. The average molecular weight is 748 g/mol. The van der Waals surface area contributed by atoms with Gasteiger partial charge in [-0.2, -0.15) is 28.2 Å². The van der Waals surface area contributed by atoms with Gasteiger partial charge in [0.25, 0.3) is 0 Å². The Morgan fingerprint density at radius 2 is 1.57 bits per heavy atom. The lowest BCUT2D eigenvalue weighted by Crippen LogP contribution is -2.60. The Balaban J connectivity index is 1.00. The van der Waals surface area contributed by atoms with Crippen LogP contribution < -0.4 is 10.2 Å². The highest BCUT2D eigenvalue weighted by molar-refractivity contribution is 7.48. The molecule has 276 valence electrons. The number of hydrogen-bond acceptors (Lipinski definition) is 10. The summed E-state index contributed by atoms with van der Waals surface area (Å²) >= 11 is 0. The lowest BCUT2D eigenvalue weighted by atomic mass is 9.90. The SMILES string of the molecule is O=C1CCCN1C1CN(c2nc(NC3CC(OP(=O)(OCc4ccccc4)OCc4ccccc4)C3)nc3c2cnn3-c2cccc(C(F)(F)F)c2)C1. The van der Waals surface area contributed by atoms with Crippen LogP contribution >= 0.6 is 7.82 Å². The number of anilines is 2. The van der Waals surface area contributed by atoms with Crippen molar-refractivity contribution >= 4 is 36.5 Å². The molecule has 53 heavy (non-hydrogen) atoms. The first kappa shape index (κ1) is 35.2. The van der Waals surface area contributed by atoms with Crippen LogP contribution in [0.3, 0.4) is 0 Å². The normalized spacial score (nSPS) is 19.4. The van der Waals surface area contributed by atoms with Crippen LogP contribution in [0.25, 0.3) is 16.7 Å². The first-order valence-corrected chi connectivity index (χ1v) is 19.0. The van der Waals surface area contributed by atoms with E-state index < -0.39 is 25.7 Å². The number of benzene rings is 3. The molecule has 0 unspecified atom stereocenters. The summed E-state index contributed by atoms with van der Waals surface area (Å²) in [5, 5.41) is 8.34. The molecule has 5 aromatic rings. The number of halogens is 3. The van der Waals surface area contributed by atoms with Crippen molar-refractivity contribution in [3.8, 4) is 5.69 Å². The lowest BCUT2D eigenvalue weighted by molar-refractivity contribution is -0.137. The minimum Gasteiger partial charge on any atom is -0.352 e. The van der Waals surface area contributed by atoms with Crippen LogP contribution in [0, 0.1) is 0 Å². The molecule has 2 aliphatic heterocycles. The number of carbonyl (C=O) groups excluding carboxylic acids is 1. The zero-order valence-electron chi connectivity index (χ0n) is 28.6. The zero-order valence-corrected chi connectivity index (χ0v) is 29.5. The van der Waals surface area contributed by atoms with E-state index in [1.807, 2.05) is 70.5 Å². The molecule has 1 saturated carbocycles. The van der Waals surface area contributed by atoms with Gasteiger partial charge < -0.3 is 15.1 Å². The molecular weight excluding hydrogens is 710 g/mol.